The standard InChI is InChI=1S/C13H20N4O2/c14-10-5-6-12(16-7-1-2-11(15)18)17-13(10)19-8-9-3-4-9/h5-6,9H,1-4,7-8,14H2,(H2,15,18)(H,16,17). The highest BCUT2D eigenvalue weighted by atomic mass is 16.5. The van der Waals surface area contributed by atoms with E-state index in [9.17, 15) is 4.79 Å². The Balaban J connectivity index is 1.82. The molecular weight excluding hydrogens is 244 g/mol. The summed E-state index contributed by atoms with van der Waals surface area (Å²) in [7, 11) is 0. The summed E-state index contributed by atoms with van der Waals surface area (Å²) in [5.74, 6) is 1.55. The van der Waals surface area contributed by atoms with Gasteiger partial charge in [-0.15, -0.1) is 0 Å². The van der Waals surface area contributed by atoms with Crippen LogP contribution in [0.5, 0.6) is 5.88 Å². The number of nitrogens with two attached hydrogens (primary N) is 2. The second-order valence-electron chi connectivity index (χ2n) is 4.84. The lowest BCUT2D eigenvalue weighted by Crippen LogP contribution is -2.13. The Bertz CT molecular complexity index is 446. The molecule has 6 heteroatoms. The number of rotatable bonds is 8. The van der Waals surface area contributed by atoms with E-state index in [0.717, 1.165) is 0 Å². The van der Waals surface area contributed by atoms with Crippen molar-refractivity contribution in [2.24, 2.45) is 11.7 Å². The van der Waals surface area contributed by atoms with Crippen LogP contribution in [0.25, 0.3) is 0 Å². The summed E-state index contributed by atoms with van der Waals surface area (Å²) in [6.45, 7) is 1.32. The number of nitrogens with zero attached hydrogens (tertiary/aromatic N) is 1. The molecule has 0 radical (unpaired) electrons. The zero-order valence-corrected chi connectivity index (χ0v) is 10.9. The van der Waals surface area contributed by atoms with Crippen LogP contribution in [0.2, 0.25) is 0 Å². The van der Waals surface area contributed by atoms with Crippen LogP contribution in [-0.2, 0) is 4.79 Å². The van der Waals surface area contributed by atoms with Crippen molar-refractivity contribution in [3.8, 4) is 5.88 Å². The molecule has 2 rings (SSSR count). The fourth-order valence-electron chi connectivity index (χ4n) is 1.63. The number of nitrogens with one attached hydrogen (secondary N) is 1. The van der Waals surface area contributed by atoms with Crippen LogP contribution in [0, 0.1) is 5.92 Å². The molecule has 0 saturated heterocycles. The molecule has 1 saturated carbocycles. The highest BCUT2D eigenvalue weighted by molar-refractivity contribution is 5.73. The van der Waals surface area contributed by atoms with Gasteiger partial charge in [0.2, 0.25) is 11.8 Å². The summed E-state index contributed by atoms with van der Waals surface area (Å²) in [5, 5.41) is 3.12. The summed E-state index contributed by atoms with van der Waals surface area (Å²) >= 11 is 0. The van der Waals surface area contributed by atoms with Crippen LogP contribution in [0.3, 0.4) is 0 Å². The average molecular weight is 264 g/mol. The molecule has 1 fully saturated rings. The maximum atomic E-state index is 10.6. The predicted molar refractivity (Wildman–Crippen MR) is 73.8 cm³/mol. The smallest absolute Gasteiger partial charge is 0.239 e. The van der Waals surface area contributed by atoms with Gasteiger partial charge in [-0.05, 0) is 37.3 Å². The number of pyridine rings is 1. The zero-order chi connectivity index (χ0) is 13.7. The zero-order valence-electron chi connectivity index (χ0n) is 10.9. The van der Waals surface area contributed by atoms with Crippen molar-refractivity contribution < 1.29 is 9.53 Å². The SMILES string of the molecule is NC(=O)CCCNc1ccc(N)c(OCC2CC2)n1. The molecule has 1 aromatic heterocycles. The molecule has 19 heavy (non-hydrogen) atoms. The van der Waals surface area contributed by atoms with E-state index in [-0.39, 0.29) is 5.91 Å². The number of hydrogen-bond donors (Lipinski definition) is 3. The lowest BCUT2D eigenvalue weighted by Gasteiger charge is -2.10. The monoisotopic (exact) mass is 264 g/mol. The van der Waals surface area contributed by atoms with Gasteiger partial charge in [0.15, 0.2) is 0 Å². The van der Waals surface area contributed by atoms with Crippen LogP contribution in [0.15, 0.2) is 12.1 Å². The molecule has 5 N–H and O–H groups in total. The Morgan fingerprint density at radius 2 is 2.26 bits per heavy atom. The highest BCUT2D eigenvalue weighted by Gasteiger charge is 2.22. The molecule has 104 valence electrons. The summed E-state index contributed by atoms with van der Waals surface area (Å²) in [6.07, 6.45) is 3.50. The lowest BCUT2D eigenvalue weighted by atomic mass is 10.3. The molecule has 1 aliphatic rings. The van der Waals surface area contributed by atoms with Gasteiger partial charge >= 0.3 is 0 Å². The number of carbonyl (C=O) groups is 1. The molecule has 1 aromatic rings. The van der Waals surface area contributed by atoms with Crippen molar-refractivity contribution in [2.75, 3.05) is 24.2 Å². The maximum absolute atomic E-state index is 10.6. The van der Waals surface area contributed by atoms with Gasteiger partial charge < -0.3 is 21.5 Å². The number of aromatic nitrogens is 1. The van der Waals surface area contributed by atoms with Crippen LogP contribution < -0.4 is 21.5 Å². The molecule has 1 amide bonds. The Morgan fingerprint density at radius 1 is 1.47 bits per heavy atom. The van der Waals surface area contributed by atoms with Crippen molar-refractivity contribution >= 4 is 17.4 Å². The van der Waals surface area contributed by atoms with Crippen molar-refractivity contribution in [3.05, 3.63) is 12.1 Å². The van der Waals surface area contributed by atoms with Crippen LogP contribution in [0.4, 0.5) is 11.5 Å². The topological polar surface area (TPSA) is 103 Å². The molecule has 0 aliphatic heterocycles. The van der Waals surface area contributed by atoms with Crippen LogP contribution in [-0.4, -0.2) is 24.0 Å². The molecular formula is C13H20N4O2. The van der Waals surface area contributed by atoms with Gasteiger partial charge in [-0.1, -0.05) is 0 Å². The summed E-state index contributed by atoms with van der Waals surface area (Å²) in [5.41, 5.74) is 11.4. The van der Waals surface area contributed by atoms with Gasteiger partial charge in [0.25, 0.3) is 0 Å². The largest absolute Gasteiger partial charge is 0.476 e. The molecule has 0 bridgehead atoms. The Morgan fingerprint density at radius 3 is 2.95 bits per heavy atom. The normalized spacial score (nSPS) is 14.1. The van der Waals surface area contributed by atoms with Crippen LogP contribution in [0.1, 0.15) is 25.7 Å². The molecule has 1 aliphatic carbocycles. The number of primary amides is 1. The van der Waals surface area contributed by atoms with E-state index in [1.54, 1.807) is 12.1 Å². The first-order chi connectivity index (χ1) is 9.15. The molecule has 0 atom stereocenters. The Labute approximate surface area is 112 Å². The van der Waals surface area contributed by atoms with Crippen molar-refractivity contribution in [1.29, 1.82) is 0 Å². The van der Waals surface area contributed by atoms with Gasteiger partial charge in [0, 0.05) is 13.0 Å². The van der Waals surface area contributed by atoms with Crippen LogP contribution >= 0.6 is 0 Å². The number of carbonyl (C=O) groups excluding carboxylic acids is 1. The fraction of sp³-hybridized carbons (Fsp3) is 0.538. The van der Waals surface area contributed by atoms with Gasteiger partial charge in [-0.3, -0.25) is 4.79 Å². The molecule has 0 spiro atoms. The first-order valence-electron chi connectivity index (χ1n) is 6.56. The maximum Gasteiger partial charge on any atom is 0.239 e. The minimum absolute atomic E-state index is 0.291. The average Bonchev–Trinajstić information content (AvgIpc) is 3.18. The third-order valence-corrected chi connectivity index (χ3v) is 2.95. The second kappa shape index (κ2) is 6.26. The number of hydrogen-bond acceptors (Lipinski definition) is 5. The highest BCUT2D eigenvalue weighted by Crippen LogP contribution is 2.30. The Hall–Kier alpha value is -1.98. The molecule has 1 heterocycles. The second-order valence-corrected chi connectivity index (χ2v) is 4.84. The fourth-order valence-corrected chi connectivity index (χ4v) is 1.63. The summed E-state index contributed by atoms with van der Waals surface area (Å²) < 4.78 is 5.60. The van der Waals surface area contributed by atoms with Gasteiger partial charge in [-0.25, -0.2) is 0 Å². The van der Waals surface area contributed by atoms with E-state index < -0.39 is 0 Å². The molecule has 0 unspecified atom stereocenters. The first kappa shape index (κ1) is 13.5. The number of ether oxygens (including phenoxy) is 1. The minimum Gasteiger partial charge on any atom is -0.476 e. The van der Waals surface area contributed by atoms with E-state index in [1.165, 1.54) is 12.8 Å². The third kappa shape index (κ3) is 4.65. The lowest BCUT2D eigenvalue weighted by molar-refractivity contribution is -0.118. The minimum atomic E-state index is -0.291. The third-order valence-electron chi connectivity index (χ3n) is 2.95. The van der Waals surface area contributed by atoms with E-state index in [0.29, 0.717) is 49.3 Å². The summed E-state index contributed by atoms with van der Waals surface area (Å²) in [6, 6.07) is 3.56. The number of amides is 1. The van der Waals surface area contributed by atoms with Crippen molar-refractivity contribution in [1.82, 2.24) is 4.98 Å². The quantitative estimate of drug-likeness (QED) is 0.611. The van der Waals surface area contributed by atoms with Gasteiger partial charge in [0.05, 0.1) is 12.3 Å². The number of anilines is 2. The van der Waals surface area contributed by atoms with Crippen molar-refractivity contribution in [2.45, 2.75) is 25.7 Å². The van der Waals surface area contributed by atoms with Crippen molar-refractivity contribution in [3.63, 3.8) is 0 Å². The summed E-state index contributed by atoms with van der Waals surface area (Å²) in [4.78, 5) is 14.9. The predicted octanol–water partition coefficient (Wildman–Crippen LogP) is 1.13. The Kier molecular flexibility index (Phi) is 4.43. The molecule has 0 aromatic carbocycles. The van der Waals surface area contributed by atoms with E-state index in [4.69, 9.17) is 16.2 Å². The number of nitrogen functional groups attached to an aromatic ring is 1. The van der Waals surface area contributed by atoms with E-state index in [2.05, 4.69) is 10.3 Å². The first-order valence-corrected chi connectivity index (χ1v) is 6.56. The van der Waals surface area contributed by atoms with Gasteiger partial charge in [0.1, 0.15) is 5.82 Å². The van der Waals surface area contributed by atoms with E-state index in [1.807, 2.05) is 0 Å². The van der Waals surface area contributed by atoms with Gasteiger partial charge in [-0.2, -0.15) is 4.98 Å². The molecule has 6 nitrogen and oxygen atoms in total. The van der Waals surface area contributed by atoms with E-state index >= 15 is 0 Å².